The van der Waals surface area contributed by atoms with Crippen LogP contribution in [-0.4, -0.2) is 27.3 Å². The molecule has 0 bridgehead atoms. The van der Waals surface area contributed by atoms with Crippen LogP contribution in [0.25, 0.3) is 16.8 Å². The van der Waals surface area contributed by atoms with Crippen molar-refractivity contribution in [2.75, 3.05) is 21.3 Å². The minimum Gasteiger partial charge on any atom is -0.503 e. The van der Waals surface area contributed by atoms with Crippen LogP contribution < -0.4 is 0 Å². The van der Waals surface area contributed by atoms with Gasteiger partial charge < -0.3 is 14.2 Å². The molecule has 0 radical (unpaired) electrons. The van der Waals surface area contributed by atoms with E-state index in [1.807, 2.05) is 30.4 Å². The molecule has 2 aromatic carbocycles. The number of benzene rings is 2. The third-order valence-electron chi connectivity index (χ3n) is 3.84. The molecule has 130 valence electrons. The zero-order valence-corrected chi connectivity index (χ0v) is 14.9. The first-order valence-corrected chi connectivity index (χ1v) is 7.84. The van der Waals surface area contributed by atoms with Crippen LogP contribution in [0.3, 0.4) is 0 Å². The summed E-state index contributed by atoms with van der Waals surface area (Å²) in [5.74, 6) is 0.0786. The molecule has 2 rings (SSSR count). The lowest BCUT2D eigenvalue weighted by atomic mass is 10.0. The summed E-state index contributed by atoms with van der Waals surface area (Å²) >= 11 is 0. The van der Waals surface area contributed by atoms with Crippen molar-refractivity contribution in [1.82, 2.24) is 0 Å². The lowest BCUT2D eigenvalue weighted by molar-refractivity contribution is -0.136. The topological polar surface area (TPSA) is 44.8 Å². The van der Waals surface area contributed by atoms with Gasteiger partial charge in [-0.1, -0.05) is 42.5 Å². The highest BCUT2D eigenvalue weighted by Crippen LogP contribution is 2.20. The minimum absolute atomic E-state index is 0.310. The van der Waals surface area contributed by atoms with Crippen LogP contribution in [0, 0.1) is 0 Å². The van der Waals surface area contributed by atoms with Crippen molar-refractivity contribution in [1.29, 1.82) is 0 Å². The van der Waals surface area contributed by atoms with Gasteiger partial charge in [-0.15, -0.1) is 0 Å². The Morgan fingerprint density at radius 1 is 0.960 bits per heavy atom. The van der Waals surface area contributed by atoms with Crippen LogP contribution in [0.15, 0.2) is 71.7 Å². The molecular formula is C21H22O4. The first-order valence-electron chi connectivity index (χ1n) is 7.84. The first kappa shape index (κ1) is 18.3. The number of esters is 1. The Labute approximate surface area is 148 Å². The van der Waals surface area contributed by atoms with Crippen LogP contribution in [0.4, 0.5) is 0 Å². The maximum atomic E-state index is 11.9. The summed E-state index contributed by atoms with van der Waals surface area (Å²) in [5, 5.41) is 2.35. The lowest BCUT2D eigenvalue weighted by Gasteiger charge is -2.10. The molecule has 0 amide bonds. The summed E-state index contributed by atoms with van der Waals surface area (Å²) in [7, 11) is 4.37. The van der Waals surface area contributed by atoms with Gasteiger partial charge in [0.2, 0.25) is 0 Å². The quantitative estimate of drug-likeness (QED) is 0.337. The Balaban J connectivity index is 2.36. The molecule has 2 aromatic rings. The molecule has 25 heavy (non-hydrogen) atoms. The van der Waals surface area contributed by atoms with E-state index < -0.39 is 5.97 Å². The van der Waals surface area contributed by atoms with Crippen LogP contribution in [0.1, 0.15) is 12.5 Å². The van der Waals surface area contributed by atoms with E-state index in [0.29, 0.717) is 16.9 Å². The van der Waals surface area contributed by atoms with Gasteiger partial charge in [-0.25, -0.2) is 4.79 Å². The molecule has 4 heteroatoms. The highest BCUT2D eigenvalue weighted by atomic mass is 16.5. The Bertz CT molecular complexity index is 844. The Morgan fingerprint density at radius 3 is 2.32 bits per heavy atom. The van der Waals surface area contributed by atoms with Crippen LogP contribution in [0.5, 0.6) is 0 Å². The average molecular weight is 338 g/mol. The fourth-order valence-corrected chi connectivity index (χ4v) is 2.48. The van der Waals surface area contributed by atoms with Gasteiger partial charge in [-0.3, -0.25) is 0 Å². The Hall–Kier alpha value is -3.01. The van der Waals surface area contributed by atoms with E-state index in [2.05, 4.69) is 24.3 Å². The number of carbonyl (C=O) groups is 1. The molecule has 0 spiro atoms. The molecule has 0 aromatic heterocycles. The second-order valence-electron chi connectivity index (χ2n) is 5.39. The predicted molar refractivity (Wildman–Crippen MR) is 99.8 cm³/mol. The van der Waals surface area contributed by atoms with Crippen molar-refractivity contribution < 1.29 is 19.0 Å². The summed E-state index contributed by atoms with van der Waals surface area (Å²) < 4.78 is 15.2. The van der Waals surface area contributed by atoms with E-state index in [4.69, 9.17) is 14.2 Å². The van der Waals surface area contributed by atoms with Crippen molar-refractivity contribution in [2.24, 2.45) is 0 Å². The summed E-state index contributed by atoms with van der Waals surface area (Å²) in [6.07, 6.45) is 5.12. The fraction of sp³-hybridized carbons (Fsp3) is 0.190. The number of hydrogen-bond donors (Lipinski definition) is 0. The standard InChI is InChI=1S/C21H22O4/c1-15(19(14-23-2)21(22)25-4)20(24-3)12-10-16-9-11-17-7-5-6-8-18(17)13-16/h5-14H,1-4H3/b12-10+,19-14+,20-15+. The van der Waals surface area contributed by atoms with Crippen molar-refractivity contribution in [3.63, 3.8) is 0 Å². The maximum absolute atomic E-state index is 11.9. The van der Waals surface area contributed by atoms with Gasteiger partial charge >= 0.3 is 5.97 Å². The number of methoxy groups -OCH3 is 3. The summed E-state index contributed by atoms with van der Waals surface area (Å²) in [4.78, 5) is 11.9. The van der Waals surface area contributed by atoms with E-state index in [1.165, 1.54) is 31.3 Å². The molecule has 0 atom stereocenters. The molecule has 0 saturated carbocycles. The van der Waals surface area contributed by atoms with E-state index in [-0.39, 0.29) is 0 Å². The lowest BCUT2D eigenvalue weighted by Crippen LogP contribution is -2.08. The van der Waals surface area contributed by atoms with E-state index in [1.54, 1.807) is 14.0 Å². The fourth-order valence-electron chi connectivity index (χ4n) is 2.48. The van der Waals surface area contributed by atoms with Gasteiger partial charge in [0.05, 0.1) is 27.6 Å². The van der Waals surface area contributed by atoms with E-state index in [0.717, 1.165) is 5.56 Å². The maximum Gasteiger partial charge on any atom is 0.341 e. The smallest absolute Gasteiger partial charge is 0.341 e. The van der Waals surface area contributed by atoms with Gasteiger partial charge in [0, 0.05) is 5.57 Å². The molecule has 0 aliphatic heterocycles. The van der Waals surface area contributed by atoms with Crippen LogP contribution in [-0.2, 0) is 19.0 Å². The number of fused-ring (bicyclic) bond motifs is 1. The molecule has 0 fully saturated rings. The third-order valence-corrected chi connectivity index (χ3v) is 3.84. The van der Waals surface area contributed by atoms with Crippen molar-refractivity contribution in [2.45, 2.75) is 6.92 Å². The third kappa shape index (κ3) is 4.51. The van der Waals surface area contributed by atoms with E-state index >= 15 is 0 Å². The molecule has 0 heterocycles. The zero-order valence-electron chi connectivity index (χ0n) is 14.9. The normalized spacial score (nSPS) is 12.9. The van der Waals surface area contributed by atoms with Gasteiger partial charge in [-0.05, 0) is 35.4 Å². The Kier molecular flexibility index (Phi) is 6.40. The zero-order chi connectivity index (χ0) is 18.2. The predicted octanol–water partition coefficient (Wildman–Crippen LogP) is 4.48. The molecule has 0 saturated heterocycles. The number of hydrogen-bond acceptors (Lipinski definition) is 4. The minimum atomic E-state index is -0.479. The SMILES string of the molecule is CO\C=C(C(=O)OC)/C(C)=C(\C=C\c1ccc2ccccc2c1)OC. The number of carbonyl (C=O) groups excluding carboxylic acids is 1. The highest BCUT2D eigenvalue weighted by Gasteiger charge is 2.16. The number of rotatable bonds is 6. The molecule has 4 nitrogen and oxygen atoms in total. The van der Waals surface area contributed by atoms with Gasteiger partial charge in [0.1, 0.15) is 11.3 Å². The summed E-state index contributed by atoms with van der Waals surface area (Å²) in [5.41, 5.74) is 1.98. The average Bonchev–Trinajstić information content (AvgIpc) is 2.65. The van der Waals surface area contributed by atoms with Crippen LogP contribution in [0.2, 0.25) is 0 Å². The number of ether oxygens (including phenoxy) is 3. The molecule has 0 N–H and O–H groups in total. The van der Waals surface area contributed by atoms with Gasteiger partial charge in [0.15, 0.2) is 0 Å². The van der Waals surface area contributed by atoms with Crippen molar-refractivity contribution in [3.8, 4) is 0 Å². The highest BCUT2D eigenvalue weighted by molar-refractivity contribution is 5.93. The molecule has 0 aliphatic rings. The largest absolute Gasteiger partial charge is 0.503 e. The van der Waals surface area contributed by atoms with Gasteiger partial charge in [-0.2, -0.15) is 0 Å². The van der Waals surface area contributed by atoms with Crippen molar-refractivity contribution in [3.05, 3.63) is 77.3 Å². The second kappa shape index (κ2) is 8.73. The summed E-state index contributed by atoms with van der Waals surface area (Å²) in [6.45, 7) is 1.78. The van der Waals surface area contributed by atoms with Crippen LogP contribution >= 0.6 is 0 Å². The molecular weight excluding hydrogens is 316 g/mol. The summed E-state index contributed by atoms with van der Waals surface area (Å²) in [6, 6.07) is 14.4. The molecule has 0 aliphatic carbocycles. The number of allylic oxidation sites excluding steroid dienone is 1. The monoisotopic (exact) mass is 338 g/mol. The molecule has 0 unspecified atom stereocenters. The van der Waals surface area contributed by atoms with E-state index in [9.17, 15) is 4.79 Å². The Morgan fingerprint density at radius 2 is 1.68 bits per heavy atom. The second-order valence-corrected chi connectivity index (χ2v) is 5.39. The van der Waals surface area contributed by atoms with Gasteiger partial charge in [0.25, 0.3) is 0 Å². The van der Waals surface area contributed by atoms with Crippen molar-refractivity contribution >= 4 is 22.8 Å². The first-order chi connectivity index (χ1) is 12.1.